The first-order valence-electron chi connectivity index (χ1n) is 10.6. The third-order valence-electron chi connectivity index (χ3n) is 5.03. The molecular formula is C22H42O10. The smallest absolute Gasteiger partial charge is 0.481 e. The lowest BCUT2D eigenvalue weighted by molar-refractivity contribution is -0.208. The number of carboxylic acid groups (broad SMARTS) is 4. The maximum Gasteiger partial charge on any atom is 0.547 e. The topological polar surface area (TPSA) is 168 Å². The fourth-order valence-electron chi connectivity index (χ4n) is 3.17. The third kappa shape index (κ3) is 23.8. The van der Waals surface area contributed by atoms with Gasteiger partial charge in [0.2, 0.25) is 0 Å². The highest BCUT2D eigenvalue weighted by Gasteiger charge is 2.23. The van der Waals surface area contributed by atoms with Gasteiger partial charge >= 0.3 is 24.2 Å². The van der Waals surface area contributed by atoms with Crippen LogP contribution in [0.2, 0.25) is 0 Å². The number of aliphatic carboxylic acids is 2. The Kier molecular flexibility index (Phi) is 18.2. The van der Waals surface area contributed by atoms with Gasteiger partial charge in [0, 0.05) is 12.8 Å². The number of carboxylic acids is 2. The van der Waals surface area contributed by atoms with Crippen LogP contribution in [0, 0.1) is 22.7 Å². The van der Waals surface area contributed by atoms with Gasteiger partial charge in [-0.3, -0.25) is 9.59 Å². The lowest BCUT2D eigenvalue weighted by atomic mass is 9.76. The van der Waals surface area contributed by atoms with Gasteiger partial charge in [-0.25, -0.2) is 19.4 Å². The zero-order chi connectivity index (χ0) is 26.1. The summed E-state index contributed by atoms with van der Waals surface area (Å²) in [7, 11) is 0. The average Bonchev–Trinajstić information content (AvgIpc) is 2.59. The van der Waals surface area contributed by atoms with Crippen LogP contribution in [0.4, 0.5) is 9.59 Å². The summed E-state index contributed by atoms with van der Waals surface area (Å²) in [6, 6.07) is 0. The SMILES string of the molecule is CCC(CCC(=O)O)C(C)(C)C.CCC(CCC(=O)O)C(C)(C)C.O=C(O)OOC(=O)O. The molecule has 0 rings (SSSR count). The standard InChI is InChI=1S/2C10H20O2.C2H2O6/c2*1-5-8(10(2,3)4)6-7-9(11)12;3-1(4)7-8-2(5)6/h2*8H,5-7H2,1-4H3,(H,11,12);(H,3,4)(H,5,6). The van der Waals surface area contributed by atoms with Gasteiger partial charge in [-0.15, -0.1) is 0 Å². The van der Waals surface area contributed by atoms with Crippen molar-refractivity contribution in [1.29, 1.82) is 0 Å². The molecule has 0 aromatic carbocycles. The Balaban J connectivity index is -0.000000404. The second-order valence-electron chi connectivity index (χ2n) is 9.51. The maximum absolute atomic E-state index is 10.3. The molecule has 0 saturated carbocycles. The first kappa shape index (κ1) is 34.1. The summed E-state index contributed by atoms with van der Waals surface area (Å²) in [6.07, 6.45) is 0.740. The van der Waals surface area contributed by atoms with Crippen molar-refractivity contribution in [3.63, 3.8) is 0 Å². The number of carbonyl (C=O) groups is 4. The molecular weight excluding hydrogens is 424 g/mol. The molecule has 32 heavy (non-hydrogen) atoms. The van der Waals surface area contributed by atoms with E-state index in [1.54, 1.807) is 0 Å². The van der Waals surface area contributed by atoms with E-state index >= 15 is 0 Å². The van der Waals surface area contributed by atoms with E-state index in [1.165, 1.54) is 0 Å². The monoisotopic (exact) mass is 466 g/mol. The van der Waals surface area contributed by atoms with Gasteiger partial charge in [0.15, 0.2) is 0 Å². The summed E-state index contributed by atoms with van der Waals surface area (Å²) in [6.45, 7) is 17.3. The van der Waals surface area contributed by atoms with Crippen molar-refractivity contribution in [1.82, 2.24) is 0 Å². The largest absolute Gasteiger partial charge is 0.547 e. The Hall–Kier alpha value is -2.52. The van der Waals surface area contributed by atoms with Crippen molar-refractivity contribution in [3.05, 3.63) is 0 Å². The molecule has 0 spiro atoms. The van der Waals surface area contributed by atoms with Gasteiger partial charge < -0.3 is 20.4 Å². The number of hydrogen-bond acceptors (Lipinski definition) is 6. The summed E-state index contributed by atoms with van der Waals surface area (Å²) >= 11 is 0. The van der Waals surface area contributed by atoms with Crippen LogP contribution in [-0.4, -0.2) is 44.7 Å². The van der Waals surface area contributed by atoms with Crippen LogP contribution in [0.25, 0.3) is 0 Å². The average molecular weight is 467 g/mol. The zero-order valence-electron chi connectivity index (χ0n) is 20.6. The molecule has 0 bridgehead atoms. The Morgan fingerprint density at radius 1 is 0.625 bits per heavy atom. The molecule has 0 aromatic heterocycles. The van der Waals surface area contributed by atoms with Gasteiger partial charge in [-0.1, -0.05) is 68.2 Å². The Morgan fingerprint density at radius 2 is 0.875 bits per heavy atom. The molecule has 4 N–H and O–H groups in total. The molecule has 2 atom stereocenters. The first-order chi connectivity index (χ1) is 14.4. The maximum atomic E-state index is 10.3. The highest BCUT2D eigenvalue weighted by molar-refractivity contribution is 5.66. The van der Waals surface area contributed by atoms with E-state index in [9.17, 15) is 19.2 Å². The minimum absolute atomic E-state index is 0.240. The fourth-order valence-corrected chi connectivity index (χ4v) is 3.17. The van der Waals surface area contributed by atoms with E-state index in [0.717, 1.165) is 25.7 Å². The highest BCUT2D eigenvalue weighted by atomic mass is 17.2. The van der Waals surface area contributed by atoms with E-state index in [2.05, 4.69) is 65.2 Å². The Morgan fingerprint density at radius 3 is 1.00 bits per heavy atom. The fraction of sp³-hybridized carbons (Fsp3) is 0.818. The normalized spacial score (nSPS) is 12.6. The molecule has 0 heterocycles. The molecule has 0 fully saturated rings. The summed E-state index contributed by atoms with van der Waals surface area (Å²) in [5, 5.41) is 32.2. The van der Waals surface area contributed by atoms with E-state index in [1.807, 2.05) is 0 Å². The van der Waals surface area contributed by atoms with Crippen LogP contribution in [0.5, 0.6) is 0 Å². The van der Waals surface area contributed by atoms with Crippen molar-refractivity contribution in [2.24, 2.45) is 22.7 Å². The molecule has 0 aliphatic carbocycles. The lowest BCUT2D eigenvalue weighted by Gasteiger charge is -2.29. The van der Waals surface area contributed by atoms with Gasteiger partial charge in [0.05, 0.1) is 0 Å². The molecule has 190 valence electrons. The first-order valence-corrected chi connectivity index (χ1v) is 10.6. The van der Waals surface area contributed by atoms with E-state index in [-0.39, 0.29) is 10.8 Å². The van der Waals surface area contributed by atoms with Crippen molar-refractivity contribution in [2.75, 3.05) is 0 Å². The van der Waals surface area contributed by atoms with Crippen LogP contribution in [0.15, 0.2) is 0 Å². The molecule has 10 heteroatoms. The van der Waals surface area contributed by atoms with Gasteiger partial charge in [0.1, 0.15) is 0 Å². The van der Waals surface area contributed by atoms with Crippen LogP contribution in [0.3, 0.4) is 0 Å². The van der Waals surface area contributed by atoms with Gasteiger partial charge in [-0.05, 0) is 35.5 Å². The van der Waals surface area contributed by atoms with E-state index in [0.29, 0.717) is 24.7 Å². The molecule has 10 nitrogen and oxygen atoms in total. The summed E-state index contributed by atoms with van der Waals surface area (Å²) < 4.78 is 0. The van der Waals surface area contributed by atoms with Gasteiger partial charge in [0.25, 0.3) is 0 Å². The second-order valence-corrected chi connectivity index (χ2v) is 9.51. The quantitative estimate of drug-likeness (QED) is 0.241. The second kappa shape index (κ2) is 17.1. The summed E-state index contributed by atoms with van der Waals surface area (Å²) in [5.74, 6) is -0.322. The molecule has 0 radical (unpaired) electrons. The third-order valence-corrected chi connectivity index (χ3v) is 5.03. The molecule has 0 aliphatic heterocycles. The molecule has 0 aliphatic rings. The zero-order valence-corrected chi connectivity index (χ0v) is 20.6. The minimum Gasteiger partial charge on any atom is -0.481 e. The van der Waals surface area contributed by atoms with Crippen molar-refractivity contribution in [2.45, 2.75) is 93.9 Å². The van der Waals surface area contributed by atoms with Crippen LogP contribution < -0.4 is 0 Å². The molecule has 2 unspecified atom stereocenters. The van der Waals surface area contributed by atoms with Crippen molar-refractivity contribution < 1.29 is 49.4 Å². The minimum atomic E-state index is -1.80. The highest BCUT2D eigenvalue weighted by Crippen LogP contribution is 2.32. The summed E-state index contributed by atoms with van der Waals surface area (Å²) in [5.41, 5.74) is 0.481. The Bertz CT molecular complexity index is 508. The van der Waals surface area contributed by atoms with Crippen LogP contribution in [-0.2, 0) is 19.4 Å². The van der Waals surface area contributed by atoms with Gasteiger partial charge in [-0.2, -0.15) is 0 Å². The Labute approximate surface area is 190 Å². The van der Waals surface area contributed by atoms with E-state index in [4.69, 9.17) is 20.4 Å². The summed E-state index contributed by atoms with van der Waals surface area (Å²) in [4.78, 5) is 45.5. The molecule has 0 amide bonds. The predicted octanol–water partition coefficient (Wildman–Crippen LogP) is 6.14. The molecule has 0 saturated heterocycles. The van der Waals surface area contributed by atoms with Crippen LogP contribution >= 0.6 is 0 Å². The molecule has 0 aromatic rings. The number of hydrogen-bond donors (Lipinski definition) is 4. The predicted molar refractivity (Wildman–Crippen MR) is 118 cm³/mol. The van der Waals surface area contributed by atoms with Crippen LogP contribution in [0.1, 0.15) is 93.9 Å². The van der Waals surface area contributed by atoms with Crippen molar-refractivity contribution in [3.8, 4) is 0 Å². The number of rotatable bonds is 8. The van der Waals surface area contributed by atoms with E-state index < -0.39 is 24.2 Å². The van der Waals surface area contributed by atoms with Crippen molar-refractivity contribution >= 4 is 24.2 Å². The lowest BCUT2D eigenvalue weighted by Crippen LogP contribution is -2.20.